The quantitative estimate of drug-likeness (QED) is 0.0257. The van der Waals surface area contributed by atoms with Crippen molar-refractivity contribution in [2.45, 2.75) is 161 Å². The maximum Gasteiger partial charge on any atom is 0.245 e. The number of aromatic amines is 2. The number of para-hydroxylation sites is 1. The third kappa shape index (κ3) is 30.1. The van der Waals surface area contributed by atoms with Crippen LogP contribution in [0.1, 0.15) is 123 Å². The molecule has 526 valence electrons. The maximum atomic E-state index is 14.5. The molecule has 2 heterocycles. The number of fused-ring (bicyclic) bond motifs is 1. The Hall–Kier alpha value is -8.03. The summed E-state index contributed by atoms with van der Waals surface area (Å²) in [4.78, 5) is 197. The number of aliphatic hydroxyl groups is 1. The van der Waals surface area contributed by atoms with E-state index in [-0.39, 0.29) is 94.8 Å². The van der Waals surface area contributed by atoms with Gasteiger partial charge >= 0.3 is 0 Å². The minimum absolute atomic E-state index is 0.0138. The summed E-state index contributed by atoms with van der Waals surface area (Å²) < 4.78 is 0. The zero-order chi connectivity index (χ0) is 70.9. The number of carbonyl (C=O) groups is 14. The largest absolute Gasteiger partial charge is 0.394 e. The number of imidazole rings is 1. The molecule has 0 aliphatic rings. The van der Waals surface area contributed by atoms with E-state index in [1.54, 1.807) is 45.1 Å². The Kier molecular flexibility index (Phi) is 36.3. The molecule has 31 heteroatoms. The molecule has 0 saturated carbocycles. The van der Waals surface area contributed by atoms with Gasteiger partial charge in [0.05, 0.1) is 44.1 Å². The van der Waals surface area contributed by atoms with Gasteiger partial charge in [0.25, 0.3) is 0 Å². The van der Waals surface area contributed by atoms with Crippen molar-refractivity contribution in [3.8, 4) is 0 Å². The first-order valence-electron chi connectivity index (χ1n) is 31.9. The van der Waals surface area contributed by atoms with Crippen LogP contribution in [0.25, 0.3) is 10.9 Å². The molecule has 0 unspecified atom stereocenters. The molecule has 95 heavy (non-hydrogen) atoms. The number of nitrogens with two attached hydrogens (primary N) is 2. The molecule has 0 saturated heterocycles. The highest BCUT2D eigenvalue weighted by Crippen LogP contribution is 2.23. The molecular formula is C64H98N14O15S2. The second kappa shape index (κ2) is 42.4. The number of unbranched alkanes of at least 4 members (excludes halogenated alkanes) is 1. The van der Waals surface area contributed by atoms with E-state index in [0.717, 1.165) is 10.9 Å². The fourth-order valence-electron chi connectivity index (χ4n) is 10.3. The van der Waals surface area contributed by atoms with Gasteiger partial charge in [-0.3, -0.25) is 67.1 Å². The number of H-pyrrole nitrogens is 2. The third-order valence-electron chi connectivity index (χ3n) is 15.5. The molecule has 0 aliphatic carbocycles. The first-order chi connectivity index (χ1) is 45.0. The Labute approximate surface area is 563 Å². The highest BCUT2D eigenvalue weighted by Gasteiger charge is 2.35. The Morgan fingerprint density at radius 3 is 1.92 bits per heavy atom. The Morgan fingerprint density at radius 2 is 1.29 bits per heavy atom. The van der Waals surface area contributed by atoms with Gasteiger partial charge in [0, 0.05) is 117 Å². The summed E-state index contributed by atoms with van der Waals surface area (Å²) in [5, 5.41) is 31.1. The summed E-state index contributed by atoms with van der Waals surface area (Å²) in [6.45, 7) is 7.47. The van der Waals surface area contributed by atoms with Crippen LogP contribution in [0.5, 0.6) is 0 Å². The second-order valence-corrected chi connectivity index (χ2v) is 26.1. The zero-order valence-corrected chi connectivity index (χ0v) is 57.3. The van der Waals surface area contributed by atoms with Gasteiger partial charge in [-0.25, -0.2) is 4.98 Å². The van der Waals surface area contributed by atoms with Crippen LogP contribution in [-0.4, -0.2) is 202 Å². The van der Waals surface area contributed by atoms with Gasteiger partial charge < -0.3 is 74.0 Å². The number of ketones is 4. The van der Waals surface area contributed by atoms with Crippen molar-refractivity contribution in [3.05, 3.63) is 54.2 Å². The summed E-state index contributed by atoms with van der Waals surface area (Å²) in [5.74, 6) is -11.8. The van der Waals surface area contributed by atoms with Crippen molar-refractivity contribution >= 4 is 117 Å². The molecule has 0 radical (unpaired) electrons. The minimum Gasteiger partial charge on any atom is -0.394 e. The van der Waals surface area contributed by atoms with E-state index >= 15 is 0 Å². The van der Waals surface area contributed by atoms with Crippen LogP contribution in [0.3, 0.4) is 0 Å². The van der Waals surface area contributed by atoms with Crippen molar-refractivity contribution in [1.29, 1.82) is 0 Å². The van der Waals surface area contributed by atoms with E-state index in [2.05, 4.69) is 70.1 Å². The van der Waals surface area contributed by atoms with Gasteiger partial charge in [-0.05, 0) is 81.7 Å². The van der Waals surface area contributed by atoms with Gasteiger partial charge in [0.1, 0.15) is 23.9 Å². The third-order valence-corrected chi connectivity index (χ3v) is 16.5. The minimum atomic E-state index is -1.34. The van der Waals surface area contributed by atoms with Gasteiger partial charge in [-0.15, -0.1) is 0 Å². The first-order valence-corrected chi connectivity index (χ1v) is 33.9. The maximum absolute atomic E-state index is 14.5. The lowest BCUT2D eigenvalue weighted by Crippen LogP contribution is -2.56. The molecule has 0 aliphatic heterocycles. The Morgan fingerprint density at radius 1 is 0.642 bits per heavy atom. The van der Waals surface area contributed by atoms with Crippen LogP contribution >= 0.6 is 24.4 Å². The number of likely N-dealkylation sites (N-methyl/N-ethyl adjacent to an activating group) is 1. The molecule has 9 atom stereocenters. The summed E-state index contributed by atoms with van der Waals surface area (Å²) in [6.07, 6.45) is 5.36. The number of nitrogens with one attached hydrogen (secondary N) is 10. The lowest BCUT2D eigenvalue weighted by molar-refractivity contribution is -0.135. The van der Waals surface area contributed by atoms with Crippen molar-refractivity contribution in [1.82, 2.24) is 62.4 Å². The fourth-order valence-corrected chi connectivity index (χ4v) is 11.0. The predicted octanol–water partition coefficient (Wildman–Crippen LogP) is -0.227. The number of hydrogen-bond donors (Lipinski definition) is 14. The fraction of sp³-hybridized carbons (Fsp3) is 0.609. The van der Waals surface area contributed by atoms with Gasteiger partial charge in [-0.1, -0.05) is 52.8 Å². The van der Waals surface area contributed by atoms with Crippen LogP contribution < -0.4 is 54.0 Å². The summed E-state index contributed by atoms with van der Waals surface area (Å²) in [5.41, 5.74) is 13.0. The molecule has 3 rings (SSSR count). The van der Waals surface area contributed by atoms with Gasteiger partial charge in [0.15, 0.2) is 17.3 Å². The molecule has 10 amide bonds. The highest BCUT2D eigenvalue weighted by molar-refractivity contribution is 7.98. The number of primary amides is 2. The number of rotatable bonds is 48. The van der Waals surface area contributed by atoms with Crippen LogP contribution in [0, 0.1) is 29.6 Å². The summed E-state index contributed by atoms with van der Waals surface area (Å²) in [7, 11) is 3.28. The van der Waals surface area contributed by atoms with Crippen molar-refractivity contribution in [3.63, 3.8) is 0 Å². The topological polar surface area (TPSA) is 455 Å². The number of thioether (sulfide) groups is 1. The molecule has 0 bridgehead atoms. The number of carbonyl (C=O) groups excluding carboxylic acids is 14. The second-order valence-electron chi connectivity index (χ2n) is 24.8. The van der Waals surface area contributed by atoms with Crippen LogP contribution in [0.15, 0.2) is 43.0 Å². The van der Waals surface area contributed by atoms with Crippen LogP contribution in [0.2, 0.25) is 0 Å². The number of aromatic nitrogens is 3. The van der Waals surface area contributed by atoms with Gasteiger partial charge in [-0.2, -0.15) is 24.4 Å². The van der Waals surface area contributed by atoms with E-state index in [9.17, 15) is 72.2 Å². The number of hydrogen-bond acceptors (Lipinski definition) is 19. The lowest BCUT2D eigenvalue weighted by Gasteiger charge is -2.25. The number of Topliss-reactive ketones (excluding diaryl/α,β-unsaturated/α-hetero) is 4. The Balaban J connectivity index is 1.66. The number of benzene rings is 1. The van der Waals surface area contributed by atoms with Crippen molar-refractivity contribution < 1.29 is 72.2 Å². The SMILES string of the molecule is CSCC[C@H](NC(=O)[C@@H](CC(=O)[C@H](Cc1cnc[nH]1)NC(=O)CCC(=O)[C@@H](NC(=O)[C@H](C)CC(=O)[C@H](Cc1c[nH]c2ccccc12)NC(=O)[C@H](CCC(N)=O)CC(=O)CCCCNC(=O)CNC(=O)[C@H](CS)NC(=O)[C@H](CO)NC(=O)CN(C)C)C(C)C)CC(C)C)C(N)=O. The van der Waals surface area contributed by atoms with E-state index in [1.807, 2.05) is 38.3 Å². The smallest absolute Gasteiger partial charge is 0.245 e. The van der Waals surface area contributed by atoms with Crippen LogP contribution in [-0.2, 0) is 80.0 Å². The monoisotopic (exact) mass is 1370 g/mol. The molecule has 0 fully saturated rings. The molecule has 1 aromatic carbocycles. The highest BCUT2D eigenvalue weighted by atomic mass is 32.2. The first kappa shape index (κ1) is 81.2. The Bertz CT molecular complexity index is 3090. The van der Waals surface area contributed by atoms with Crippen molar-refractivity contribution in [2.24, 2.45) is 41.1 Å². The molecule has 3 aromatic rings. The average molecular weight is 1370 g/mol. The standard InChI is InChI=1S/C64H98N14O15S2/c1-36(2)23-40(62(91)74-46(59(66)88)20-22-95-8)27-53(83)48(28-42-30-67-35-71-42)72-55(85)19-17-51(81)58(37(3)4)77-60(89)38(5)24-52(82)47(26-41-29-69-45-15-10-9-14-44(41)45)75-61(90)39(16-18-54(65)84)25-43(80)13-11-12-21-68-56(86)31-70-63(92)50(34-94)76-64(93)49(33-79)73-57(87)32-78(6)7/h9-10,14-15,29-30,35-40,46-50,58,69,79,94H,11-13,16-28,31-34H2,1-8H3,(H2,65,84)(H2,66,88)(H,67,71)(H,68,86)(H,70,92)(H,72,85)(H,73,87)(H,74,91)(H,75,90)(H,76,93)(H,77,89)/t38-,39-,40-,46+,47+,48+,49+,50+,58+/m1/s1. The normalized spacial score (nSPS) is 14.2. The number of nitrogens with zero attached hydrogens (tertiary/aromatic N) is 2. The van der Waals surface area contributed by atoms with Crippen LogP contribution in [0.4, 0.5) is 0 Å². The van der Waals surface area contributed by atoms with E-state index in [0.29, 0.717) is 36.3 Å². The summed E-state index contributed by atoms with van der Waals surface area (Å²) >= 11 is 5.58. The molecule has 0 spiro atoms. The van der Waals surface area contributed by atoms with Crippen molar-refractivity contribution in [2.75, 3.05) is 58.1 Å². The number of aliphatic hydroxyl groups excluding tert-OH is 1. The van der Waals surface area contributed by atoms with E-state index in [4.69, 9.17) is 11.5 Å². The van der Waals surface area contributed by atoms with Gasteiger partial charge in [0.2, 0.25) is 59.1 Å². The summed E-state index contributed by atoms with van der Waals surface area (Å²) in [6, 6.07) is 0.267. The number of thiol groups is 1. The average Bonchev–Trinajstić information content (AvgIpc) is 1.72. The molecular weight excluding hydrogens is 1270 g/mol. The van der Waals surface area contributed by atoms with E-state index < -0.39 is 156 Å². The van der Waals surface area contributed by atoms with E-state index in [1.165, 1.54) is 31.2 Å². The predicted molar refractivity (Wildman–Crippen MR) is 359 cm³/mol. The molecule has 2 aromatic heterocycles. The molecule has 15 N–H and O–H groups in total. The molecule has 29 nitrogen and oxygen atoms in total. The lowest BCUT2D eigenvalue weighted by atomic mass is 9.88. The number of amides is 10. The zero-order valence-electron chi connectivity index (χ0n) is 55.6.